The van der Waals surface area contributed by atoms with Gasteiger partial charge in [0.25, 0.3) is 5.91 Å². The summed E-state index contributed by atoms with van der Waals surface area (Å²) < 4.78 is 72.6. The van der Waals surface area contributed by atoms with Crippen LogP contribution in [-0.2, 0) is 17.4 Å². The van der Waals surface area contributed by atoms with Gasteiger partial charge in [0, 0.05) is 0 Å². The van der Waals surface area contributed by atoms with Crippen molar-refractivity contribution in [2.45, 2.75) is 12.6 Å². The number of carbonyl (C=O) groups is 1. The molecule has 11 heteroatoms. The number of pyridine rings is 1. The molecule has 0 saturated heterocycles. The van der Waals surface area contributed by atoms with Crippen LogP contribution < -0.4 is 0 Å². The maximum absolute atomic E-state index is 12.4. The van der Waals surface area contributed by atoms with E-state index in [-0.39, 0.29) is 5.69 Å². The normalized spacial score (nSPS) is 11.8. The van der Waals surface area contributed by atoms with E-state index in [1.807, 2.05) is 0 Å². The molecule has 1 amide bonds. The average Bonchev–Trinajstić information content (AvgIpc) is 2.25. The Labute approximate surface area is 106 Å². The molecule has 0 atom stereocenters. The van der Waals surface area contributed by atoms with Crippen molar-refractivity contribution in [1.82, 2.24) is 15.7 Å². The van der Waals surface area contributed by atoms with Crippen molar-refractivity contribution in [1.29, 1.82) is 0 Å². The third kappa shape index (κ3) is 3.96. The number of aromatic nitrogens is 1. The number of halogens is 7. The van der Waals surface area contributed by atoms with Gasteiger partial charge in [0.05, 0.1) is 17.7 Å². The molecule has 4 nitrogen and oxygen atoms in total. The van der Waals surface area contributed by atoms with Gasteiger partial charge in [-0.05, 0) is 17.4 Å². The molecule has 0 bridgehead atoms. The van der Waals surface area contributed by atoms with Crippen molar-refractivity contribution < 1.29 is 31.4 Å². The topological polar surface area (TPSA) is 36.4 Å². The summed E-state index contributed by atoms with van der Waals surface area (Å²) in [5.74, 6) is -1.71. The van der Waals surface area contributed by atoms with Gasteiger partial charge in [-0.2, -0.15) is 13.2 Å². The number of hydrogen-bond acceptors (Lipinski definition) is 3. The van der Waals surface area contributed by atoms with Gasteiger partial charge in [-0.15, -0.1) is 0 Å². The van der Waals surface area contributed by atoms with Gasteiger partial charge in [0.2, 0.25) is 0 Å². The number of carbonyl (C=O) groups excluding carboxylic acids is 1. The van der Waals surface area contributed by atoms with E-state index in [2.05, 4.69) is 4.98 Å². The highest BCUT2D eigenvalue weighted by atomic mass is 35.5. The van der Waals surface area contributed by atoms with Gasteiger partial charge >= 0.3 is 6.18 Å². The van der Waals surface area contributed by atoms with E-state index < -0.39 is 39.9 Å². The van der Waals surface area contributed by atoms with Crippen molar-refractivity contribution >= 4 is 17.5 Å². The molecule has 1 rings (SSSR count). The second-order valence-corrected chi connectivity index (χ2v) is 3.54. The predicted molar refractivity (Wildman–Crippen MR) is 50.0 cm³/mol. The number of rotatable bonds is 3. The molecule has 0 aromatic carbocycles. The Kier molecular flexibility index (Phi) is 4.58. The fourth-order valence-corrected chi connectivity index (χ4v) is 1.36. The van der Waals surface area contributed by atoms with Crippen molar-refractivity contribution in [3.8, 4) is 0 Å². The highest BCUT2D eigenvalue weighted by Crippen LogP contribution is 2.33. The van der Waals surface area contributed by atoms with Gasteiger partial charge in [-0.1, -0.05) is 25.0 Å². The first-order valence-corrected chi connectivity index (χ1v) is 4.83. The first kappa shape index (κ1) is 15.5. The summed E-state index contributed by atoms with van der Waals surface area (Å²) in [7, 11) is 0. The lowest BCUT2D eigenvalue weighted by Crippen LogP contribution is -2.31. The molecule has 0 unspecified atom stereocenters. The van der Waals surface area contributed by atoms with Gasteiger partial charge in [0.1, 0.15) is 5.15 Å². The van der Waals surface area contributed by atoms with Crippen molar-refractivity contribution in [2.75, 3.05) is 0 Å². The van der Waals surface area contributed by atoms with Crippen LogP contribution in [0.2, 0.25) is 5.15 Å². The smallest absolute Gasteiger partial charge is 0.270 e. The van der Waals surface area contributed by atoms with Crippen LogP contribution in [0.1, 0.15) is 11.3 Å². The van der Waals surface area contributed by atoms with Gasteiger partial charge in [-0.3, -0.25) is 4.79 Å². The molecule has 0 fully saturated rings. The maximum Gasteiger partial charge on any atom is 0.419 e. The van der Waals surface area contributed by atoms with Crippen LogP contribution in [0.15, 0.2) is 12.1 Å². The lowest BCUT2D eigenvalue weighted by atomic mass is 10.2. The fraction of sp³-hybridized carbons (Fsp3) is 0.250. The Bertz CT molecular complexity index is 480. The van der Waals surface area contributed by atoms with E-state index in [0.717, 1.165) is 6.07 Å². The van der Waals surface area contributed by atoms with Crippen molar-refractivity contribution in [3.63, 3.8) is 0 Å². The molecule has 0 aliphatic rings. The first-order chi connectivity index (χ1) is 8.62. The molecule has 0 spiro atoms. The van der Waals surface area contributed by atoms with Crippen LogP contribution in [0.25, 0.3) is 0 Å². The molecule has 0 saturated carbocycles. The number of alkyl halides is 3. The molecule has 0 radical (unpaired) electrons. The van der Waals surface area contributed by atoms with Crippen LogP contribution in [0.3, 0.4) is 0 Å². The van der Waals surface area contributed by atoms with Crippen LogP contribution >= 0.6 is 11.6 Å². The van der Waals surface area contributed by atoms with Crippen molar-refractivity contribution in [3.05, 3.63) is 28.5 Å². The molecule has 19 heavy (non-hydrogen) atoms. The third-order valence-electron chi connectivity index (χ3n) is 1.88. The second kappa shape index (κ2) is 5.61. The van der Waals surface area contributed by atoms with Crippen molar-refractivity contribution in [2.24, 2.45) is 0 Å². The van der Waals surface area contributed by atoms with Crippen LogP contribution in [0.5, 0.6) is 0 Å². The Morgan fingerprint density at radius 3 is 2.26 bits per heavy atom. The largest absolute Gasteiger partial charge is 0.419 e. The first-order valence-electron chi connectivity index (χ1n) is 4.46. The zero-order valence-electron chi connectivity index (χ0n) is 8.76. The molecule has 106 valence electrons. The highest BCUT2D eigenvalue weighted by Gasteiger charge is 2.34. The zero-order valence-corrected chi connectivity index (χ0v) is 9.51. The van der Waals surface area contributed by atoms with E-state index in [9.17, 15) is 31.4 Å². The molecular weight excluding hydrogens is 304 g/mol. The van der Waals surface area contributed by atoms with Crippen LogP contribution in [-0.4, -0.2) is 21.6 Å². The Morgan fingerprint density at radius 2 is 1.84 bits per heavy atom. The van der Waals surface area contributed by atoms with E-state index in [1.54, 1.807) is 0 Å². The molecule has 0 N–H and O–H groups in total. The minimum atomic E-state index is -4.74. The number of hydrogen-bond donors (Lipinski definition) is 0. The minimum absolute atomic E-state index is 0.382. The monoisotopic (exact) mass is 307 g/mol. The SMILES string of the molecule is O=C(Cc1ccc(C(F)(F)F)c(Cl)n1)N(F)N(F)F. The third-order valence-corrected chi connectivity index (χ3v) is 2.17. The number of hydrazine groups is 1. The number of amides is 1. The summed E-state index contributed by atoms with van der Waals surface area (Å²) in [6.07, 6.45) is -5.72. The van der Waals surface area contributed by atoms with Gasteiger partial charge in [-0.25, -0.2) is 4.98 Å². The summed E-state index contributed by atoms with van der Waals surface area (Å²) in [5.41, 5.74) is -3.75. The Hall–Kier alpha value is -1.55. The van der Waals surface area contributed by atoms with Crippen LogP contribution in [0.4, 0.5) is 26.6 Å². The highest BCUT2D eigenvalue weighted by molar-refractivity contribution is 6.30. The zero-order chi connectivity index (χ0) is 14.8. The summed E-state index contributed by atoms with van der Waals surface area (Å²) in [5, 5.41) is -2.46. The molecule has 1 heterocycles. The molecule has 0 aliphatic carbocycles. The fourth-order valence-electron chi connectivity index (χ4n) is 1.09. The van der Waals surface area contributed by atoms with Gasteiger partial charge < -0.3 is 0 Å². The maximum atomic E-state index is 12.4. The van der Waals surface area contributed by atoms with Crippen LogP contribution in [0, 0.1) is 0 Å². The number of nitrogens with zero attached hydrogens (tertiary/aromatic N) is 3. The van der Waals surface area contributed by atoms with E-state index in [1.165, 1.54) is 0 Å². The lowest BCUT2D eigenvalue weighted by molar-refractivity contribution is -0.350. The standard InChI is InChI=1S/C8H4ClF6N3O/c9-7-5(8(10,11)12)2-1-4(16-7)3-6(19)17(13)18(14)15/h1-2H,3H2. The summed E-state index contributed by atoms with van der Waals surface area (Å²) >= 11 is 5.23. The molecule has 0 aliphatic heterocycles. The molecule has 1 aromatic rings. The minimum Gasteiger partial charge on any atom is -0.270 e. The predicted octanol–water partition coefficient (Wildman–Crippen LogP) is 3.00. The summed E-state index contributed by atoms with van der Waals surface area (Å²) in [4.78, 5) is 14.1. The average molecular weight is 308 g/mol. The Morgan fingerprint density at radius 1 is 1.26 bits per heavy atom. The second-order valence-electron chi connectivity index (χ2n) is 3.18. The van der Waals surface area contributed by atoms with Gasteiger partial charge in [0.15, 0.2) is 5.45 Å². The Balaban J connectivity index is 2.88. The lowest BCUT2D eigenvalue weighted by Gasteiger charge is -2.11. The molecule has 1 aromatic heterocycles. The van der Waals surface area contributed by atoms with E-state index >= 15 is 0 Å². The van der Waals surface area contributed by atoms with E-state index in [0.29, 0.717) is 6.07 Å². The summed E-state index contributed by atoms with van der Waals surface area (Å²) in [6.45, 7) is 0. The van der Waals surface area contributed by atoms with E-state index in [4.69, 9.17) is 11.6 Å². The quantitative estimate of drug-likeness (QED) is 0.373. The molecular formula is C8H4ClF6N3O. The summed E-state index contributed by atoms with van der Waals surface area (Å²) in [6, 6.07) is 1.25.